The summed E-state index contributed by atoms with van der Waals surface area (Å²) in [7, 11) is 3.89. The van der Waals surface area contributed by atoms with Crippen molar-refractivity contribution in [1.29, 1.82) is 0 Å². The van der Waals surface area contributed by atoms with Crippen LogP contribution in [0.5, 0.6) is 5.75 Å². The number of amides is 2. The van der Waals surface area contributed by atoms with Crippen LogP contribution in [0.15, 0.2) is 23.6 Å². The highest BCUT2D eigenvalue weighted by Crippen LogP contribution is 2.33. The molecule has 0 saturated carbocycles. The molecule has 2 aromatic rings. The fraction of sp³-hybridized carbons (Fsp3) is 0.583. The number of likely N-dealkylation sites (tertiary alicyclic amines) is 1. The molecule has 7 nitrogen and oxygen atoms in total. The SMILES string of the molecule is CCc1ccc(OC)c(-c2csc(NC(=O)N3CCN(CC4CCCN(C)C4)CC3)n2)c1. The lowest BCUT2D eigenvalue weighted by Gasteiger charge is -2.38. The molecule has 2 saturated heterocycles. The van der Waals surface area contributed by atoms with Crippen molar-refractivity contribution in [3.8, 4) is 17.0 Å². The number of aromatic nitrogens is 1. The Morgan fingerprint density at radius 2 is 2.06 bits per heavy atom. The smallest absolute Gasteiger partial charge is 0.323 e. The Kier molecular flexibility index (Phi) is 7.65. The van der Waals surface area contributed by atoms with E-state index in [0.29, 0.717) is 5.13 Å². The van der Waals surface area contributed by atoms with Crippen LogP contribution in [0.1, 0.15) is 25.3 Å². The van der Waals surface area contributed by atoms with Gasteiger partial charge in [0.25, 0.3) is 0 Å². The predicted molar refractivity (Wildman–Crippen MR) is 131 cm³/mol. The number of thiazole rings is 1. The first kappa shape index (κ1) is 23.0. The quantitative estimate of drug-likeness (QED) is 0.714. The summed E-state index contributed by atoms with van der Waals surface area (Å²) in [6.45, 7) is 9.10. The third kappa shape index (κ3) is 5.60. The Labute approximate surface area is 195 Å². The maximum Gasteiger partial charge on any atom is 0.323 e. The molecule has 1 atom stereocenters. The van der Waals surface area contributed by atoms with E-state index in [-0.39, 0.29) is 6.03 Å². The normalized spacial score (nSPS) is 20.3. The summed E-state index contributed by atoms with van der Waals surface area (Å²) >= 11 is 1.45. The van der Waals surface area contributed by atoms with Gasteiger partial charge in [-0.15, -0.1) is 11.3 Å². The van der Waals surface area contributed by atoms with Gasteiger partial charge in [0.05, 0.1) is 12.8 Å². The van der Waals surface area contributed by atoms with E-state index >= 15 is 0 Å². The lowest BCUT2D eigenvalue weighted by molar-refractivity contribution is 0.109. The number of nitrogens with zero attached hydrogens (tertiary/aromatic N) is 4. The van der Waals surface area contributed by atoms with Gasteiger partial charge in [0, 0.05) is 50.2 Å². The van der Waals surface area contributed by atoms with E-state index < -0.39 is 0 Å². The minimum Gasteiger partial charge on any atom is -0.496 e. The number of hydrogen-bond acceptors (Lipinski definition) is 6. The third-order valence-electron chi connectivity index (χ3n) is 6.56. The number of nitrogens with one attached hydrogen (secondary N) is 1. The highest BCUT2D eigenvalue weighted by atomic mass is 32.1. The number of benzene rings is 1. The molecule has 0 aliphatic carbocycles. The van der Waals surface area contributed by atoms with Crippen molar-refractivity contribution in [2.45, 2.75) is 26.2 Å². The minimum atomic E-state index is -0.0581. The standard InChI is InChI=1S/C24H35N5O2S/c1-4-18-7-8-22(31-3)20(14-18)21-17-32-23(25-21)26-24(30)29-12-10-28(11-13-29)16-19-6-5-9-27(2)15-19/h7-8,14,17,19H,4-6,9-13,15-16H2,1-3H3,(H,25,26,30). The second kappa shape index (κ2) is 10.6. The molecule has 2 aliphatic rings. The molecule has 174 valence electrons. The molecule has 2 aliphatic heterocycles. The Hall–Kier alpha value is -2.16. The van der Waals surface area contributed by atoms with Crippen LogP contribution < -0.4 is 10.1 Å². The van der Waals surface area contributed by atoms with Gasteiger partial charge in [-0.2, -0.15) is 0 Å². The van der Waals surface area contributed by atoms with Crippen molar-refractivity contribution >= 4 is 22.5 Å². The molecule has 0 spiro atoms. The van der Waals surface area contributed by atoms with E-state index in [4.69, 9.17) is 4.74 Å². The highest BCUT2D eigenvalue weighted by molar-refractivity contribution is 7.14. The Morgan fingerprint density at radius 3 is 2.78 bits per heavy atom. The fourth-order valence-corrected chi connectivity index (χ4v) is 5.42. The molecule has 8 heteroatoms. The van der Waals surface area contributed by atoms with Crippen LogP contribution in [-0.2, 0) is 6.42 Å². The van der Waals surface area contributed by atoms with Crippen LogP contribution in [0.4, 0.5) is 9.93 Å². The van der Waals surface area contributed by atoms with Crippen molar-refractivity contribution in [3.63, 3.8) is 0 Å². The zero-order chi connectivity index (χ0) is 22.5. The van der Waals surface area contributed by atoms with Crippen LogP contribution >= 0.6 is 11.3 Å². The van der Waals surface area contributed by atoms with Crippen LogP contribution in [0.3, 0.4) is 0 Å². The third-order valence-corrected chi connectivity index (χ3v) is 7.32. The van der Waals surface area contributed by atoms with Crippen molar-refractivity contribution in [2.24, 2.45) is 5.92 Å². The lowest BCUT2D eigenvalue weighted by Crippen LogP contribution is -2.51. The van der Waals surface area contributed by atoms with Gasteiger partial charge in [-0.25, -0.2) is 9.78 Å². The number of carbonyl (C=O) groups is 1. The molecule has 4 rings (SSSR count). The first-order chi connectivity index (χ1) is 15.6. The molecule has 1 aromatic carbocycles. The van der Waals surface area contributed by atoms with Gasteiger partial charge >= 0.3 is 6.03 Å². The van der Waals surface area contributed by atoms with Crippen LogP contribution in [-0.4, -0.2) is 85.7 Å². The average Bonchev–Trinajstić information content (AvgIpc) is 3.27. The summed E-state index contributed by atoms with van der Waals surface area (Å²) in [5, 5.41) is 5.60. The molecule has 32 heavy (non-hydrogen) atoms. The van der Waals surface area contributed by atoms with Gasteiger partial charge in [0.15, 0.2) is 5.13 Å². The second-order valence-electron chi connectivity index (χ2n) is 8.91. The number of ether oxygens (including phenoxy) is 1. The molecular weight excluding hydrogens is 422 g/mol. The molecule has 1 aromatic heterocycles. The van der Waals surface area contributed by atoms with Crippen LogP contribution in [0.25, 0.3) is 11.3 Å². The summed E-state index contributed by atoms with van der Waals surface area (Å²) in [6.07, 6.45) is 3.57. The van der Waals surface area contributed by atoms with Crippen molar-refractivity contribution in [2.75, 3.05) is 65.3 Å². The molecule has 0 bridgehead atoms. The molecule has 0 radical (unpaired) electrons. The van der Waals surface area contributed by atoms with Gasteiger partial charge in [-0.3, -0.25) is 10.2 Å². The highest BCUT2D eigenvalue weighted by Gasteiger charge is 2.25. The van der Waals surface area contributed by atoms with Gasteiger partial charge in [-0.05, 0) is 56.5 Å². The topological polar surface area (TPSA) is 60.9 Å². The van der Waals surface area contributed by atoms with E-state index in [1.165, 1.54) is 42.8 Å². The van der Waals surface area contributed by atoms with Crippen molar-refractivity contribution in [3.05, 3.63) is 29.1 Å². The van der Waals surface area contributed by atoms with Crippen LogP contribution in [0, 0.1) is 5.92 Å². The predicted octanol–water partition coefficient (Wildman–Crippen LogP) is 3.87. The summed E-state index contributed by atoms with van der Waals surface area (Å²) < 4.78 is 5.52. The first-order valence-electron chi connectivity index (χ1n) is 11.7. The van der Waals surface area contributed by atoms with Crippen molar-refractivity contribution in [1.82, 2.24) is 19.7 Å². The number of urea groups is 1. The van der Waals surface area contributed by atoms with E-state index in [1.54, 1.807) is 7.11 Å². The van der Waals surface area contributed by atoms with E-state index in [9.17, 15) is 4.79 Å². The molecular formula is C24H35N5O2S. The number of hydrogen-bond donors (Lipinski definition) is 1. The number of piperazine rings is 1. The molecule has 2 fully saturated rings. The summed E-state index contributed by atoms with van der Waals surface area (Å²) in [4.78, 5) is 24.3. The monoisotopic (exact) mass is 457 g/mol. The second-order valence-corrected chi connectivity index (χ2v) is 9.77. The number of methoxy groups -OCH3 is 1. The lowest BCUT2D eigenvalue weighted by atomic mass is 9.97. The number of rotatable bonds is 6. The maximum absolute atomic E-state index is 12.8. The first-order valence-corrected chi connectivity index (χ1v) is 12.5. The summed E-state index contributed by atoms with van der Waals surface area (Å²) in [5.74, 6) is 1.55. The number of aryl methyl sites for hydroxylation is 1. The molecule has 1 N–H and O–H groups in total. The Morgan fingerprint density at radius 1 is 1.25 bits per heavy atom. The number of anilines is 1. The van der Waals surface area contributed by atoms with Gasteiger partial charge < -0.3 is 14.5 Å². The number of carbonyl (C=O) groups excluding carboxylic acids is 1. The zero-order valence-electron chi connectivity index (χ0n) is 19.5. The van der Waals surface area contributed by atoms with Gasteiger partial charge in [0.2, 0.25) is 0 Å². The zero-order valence-corrected chi connectivity index (χ0v) is 20.3. The van der Waals surface area contributed by atoms with Crippen LogP contribution in [0.2, 0.25) is 0 Å². The fourth-order valence-electron chi connectivity index (χ4n) is 4.72. The van der Waals surface area contributed by atoms with Crippen molar-refractivity contribution < 1.29 is 9.53 Å². The van der Waals surface area contributed by atoms with Gasteiger partial charge in [-0.1, -0.05) is 13.0 Å². The molecule has 2 amide bonds. The Balaban J connectivity index is 1.30. The Bertz CT molecular complexity index is 910. The molecule has 3 heterocycles. The van der Waals surface area contributed by atoms with E-state index in [1.807, 2.05) is 16.3 Å². The summed E-state index contributed by atoms with van der Waals surface area (Å²) in [5.41, 5.74) is 3.03. The minimum absolute atomic E-state index is 0.0581. The van der Waals surface area contributed by atoms with E-state index in [0.717, 1.165) is 62.1 Å². The average molecular weight is 458 g/mol. The number of piperidine rings is 1. The maximum atomic E-state index is 12.8. The van der Waals surface area contributed by atoms with Gasteiger partial charge in [0.1, 0.15) is 5.75 Å². The summed E-state index contributed by atoms with van der Waals surface area (Å²) in [6, 6.07) is 6.11. The largest absolute Gasteiger partial charge is 0.496 e. The van der Waals surface area contributed by atoms with E-state index in [2.05, 4.69) is 46.2 Å². The molecule has 1 unspecified atom stereocenters.